The largest absolute Gasteiger partial charge is 0.393 e. The lowest BCUT2D eigenvalue weighted by Gasteiger charge is -2.32. The number of nitrogens with zero attached hydrogens (tertiary/aromatic N) is 1. The van der Waals surface area contributed by atoms with Crippen molar-refractivity contribution in [1.82, 2.24) is 4.90 Å². The van der Waals surface area contributed by atoms with E-state index in [9.17, 15) is 13.5 Å². The van der Waals surface area contributed by atoms with E-state index >= 15 is 0 Å². The Morgan fingerprint density at radius 3 is 2.50 bits per heavy atom. The molecule has 0 aromatic heterocycles. The highest BCUT2D eigenvalue weighted by Gasteiger charge is 2.24. The van der Waals surface area contributed by atoms with Crippen molar-refractivity contribution >= 4 is 9.84 Å². The summed E-state index contributed by atoms with van der Waals surface area (Å²) in [6, 6.07) is 0. The van der Waals surface area contributed by atoms with Crippen LogP contribution in [0.4, 0.5) is 0 Å². The summed E-state index contributed by atoms with van der Waals surface area (Å²) in [4.78, 5) is 2.16. The Labute approximate surface area is 111 Å². The molecule has 1 fully saturated rings. The summed E-state index contributed by atoms with van der Waals surface area (Å²) in [5.74, 6) is 0.741. The van der Waals surface area contributed by atoms with Crippen molar-refractivity contribution in [2.45, 2.75) is 38.7 Å². The molecule has 0 bridgehead atoms. The van der Waals surface area contributed by atoms with E-state index in [1.807, 2.05) is 14.0 Å². The highest BCUT2D eigenvalue weighted by atomic mass is 32.2. The Bertz CT molecular complexity index is 342. The summed E-state index contributed by atoms with van der Waals surface area (Å²) in [5.41, 5.74) is 0. The van der Waals surface area contributed by atoms with Crippen molar-refractivity contribution in [2.24, 2.45) is 11.8 Å². The zero-order valence-corrected chi connectivity index (χ0v) is 12.6. The van der Waals surface area contributed by atoms with Crippen molar-refractivity contribution < 1.29 is 13.5 Å². The van der Waals surface area contributed by atoms with Crippen LogP contribution in [-0.2, 0) is 9.84 Å². The van der Waals surface area contributed by atoms with Gasteiger partial charge >= 0.3 is 0 Å². The molecule has 0 aromatic rings. The van der Waals surface area contributed by atoms with Crippen molar-refractivity contribution in [3.63, 3.8) is 0 Å². The summed E-state index contributed by atoms with van der Waals surface area (Å²) in [6.07, 6.45) is 5.45. The monoisotopic (exact) mass is 277 g/mol. The van der Waals surface area contributed by atoms with Crippen LogP contribution in [0.3, 0.4) is 0 Å². The minimum Gasteiger partial charge on any atom is -0.393 e. The second-order valence-electron chi connectivity index (χ2n) is 6.03. The fraction of sp³-hybridized carbons (Fsp3) is 1.00. The van der Waals surface area contributed by atoms with Crippen LogP contribution >= 0.6 is 0 Å². The maximum atomic E-state index is 11.2. The number of aliphatic hydroxyl groups excluding tert-OH is 1. The van der Waals surface area contributed by atoms with Gasteiger partial charge in [-0.1, -0.05) is 19.8 Å². The van der Waals surface area contributed by atoms with E-state index in [1.54, 1.807) is 0 Å². The number of hydrogen-bond donors (Lipinski definition) is 1. The highest BCUT2D eigenvalue weighted by molar-refractivity contribution is 7.90. The van der Waals surface area contributed by atoms with Crippen LogP contribution < -0.4 is 0 Å². The van der Waals surface area contributed by atoms with Gasteiger partial charge in [0.05, 0.1) is 11.9 Å². The standard InChI is InChI=1S/C13H27NO3S/c1-11(10-18(3,16)17)8-14(2)9-12-6-4-5-7-13(12)15/h11-13,15H,4-10H2,1-3H3. The van der Waals surface area contributed by atoms with Crippen molar-refractivity contribution in [1.29, 1.82) is 0 Å². The normalized spacial score (nSPS) is 27.4. The molecule has 4 nitrogen and oxygen atoms in total. The molecule has 1 N–H and O–H groups in total. The van der Waals surface area contributed by atoms with Crippen LogP contribution in [0.1, 0.15) is 32.6 Å². The molecule has 3 unspecified atom stereocenters. The molecule has 0 spiro atoms. The number of hydrogen-bond acceptors (Lipinski definition) is 4. The van der Waals surface area contributed by atoms with E-state index in [1.165, 1.54) is 12.7 Å². The average Bonchev–Trinajstić information content (AvgIpc) is 2.18. The minimum atomic E-state index is -2.89. The van der Waals surface area contributed by atoms with Gasteiger partial charge in [-0.15, -0.1) is 0 Å². The van der Waals surface area contributed by atoms with Gasteiger partial charge < -0.3 is 10.0 Å². The Morgan fingerprint density at radius 1 is 1.33 bits per heavy atom. The lowest BCUT2D eigenvalue weighted by Crippen LogP contribution is -2.37. The lowest BCUT2D eigenvalue weighted by molar-refractivity contribution is 0.0496. The molecule has 0 radical (unpaired) electrons. The summed E-state index contributed by atoms with van der Waals surface area (Å²) in [7, 11) is -0.875. The third-order valence-corrected chi connectivity index (χ3v) is 4.80. The van der Waals surface area contributed by atoms with Crippen molar-refractivity contribution in [3.8, 4) is 0 Å². The van der Waals surface area contributed by atoms with Crippen LogP contribution in [0.5, 0.6) is 0 Å². The molecule has 18 heavy (non-hydrogen) atoms. The number of rotatable bonds is 6. The molecule has 1 saturated carbocycles. The SMILES string of the molecule is CC(CN(C)CC1CCCCC1O)CS(C)(=O)=O. The first-order valence-corrected chi connectivity index (χ1v) is 8.88. The molecule has 0 heterocycles. The molecule has 0 aromatic carbocycles. The van der Waals surface area contributed by atoms with Gasteiger partial charge in [0.2, 0.25) is 0 Å². The third kappa shape index (κ3) is 6.16. The molecule has 0 amide bonds. The molecule has 3 atom stereocenters. The maximum Gasteiger partial charge on any atom is 0.147 e. The van der Waals surface area contributed by atoms with Gasteiger partial charge in [0.1, 0.15) is 9.84 Å². The summed E-state index contributed by atoms with van der Waals surface area (Å²) in [6.45, 7) is 3.61. The average molecular weight is 277 g/mol. The maximum absolute atomic E-state index is 11.2. The third-order valence-electron chi connectivity index (χ3n) is 3.63. The Morgan fingerprint density at radius 2 is 1.94 bits per heavy atom. The topological polar surface area (TPSA) is 57.6 Å². The highest BCUT2D eigenvalue weighted by Crippen LogP contribution is 2.25. The zero-order valence-electron chi connectivity index (χ0n) is 11.8. The molecular formula is C13H27NO3S. The summed E-state index contributed by atoms with van der Waals surface area (Å²) < 4.78 is 22.4. The quantitative estimate of drug-likeness (QED) is 0.791. The Kier molecular flexibility index (Phi) is 6.08. The van der Waals surface area contributed by atoms with Crippen LogP contribution in [0.15, 0.2) is 0 Å². The van der Waals surface area contributed by atoms with Gasteiger partial charge in [-0.05, 0) is 31.7 Å². The molecule has 1 rings (SSSR count). The first kappa shape index (κ1) is 15.9. The molecule has 108 valence electrons. The van der Waals surface area contributed by atoms with Gasteiger partial charge in [-0.2, -0.15) is 0 Å². The molecule has 0 saturated heterocycles. The van der Waals surface area contributed by atoms with Gasteiger partial charge in [-0.25, -0.2) is 8.42 Å². The second kappa shape index (κ2) is 6.87. The van der Waals surface area contributed by atoms with E-state index in [2.05, 4.69) is 4.90 Å². The fourth-order valence-electron chi connectivity index (χ4n) is 2.98. The van der Waals surface area contributed by atoms with E-state index < -0.39 is 9.84 Å². The van der Waals surface area contributed by atoms with Gasteiger partial charge in [0, 0.05) is 19.3 Å². The first-order chi connectivity index (χ1) is 8.28. The van der Waals surface area contributed by atoms with E-state index in [-0.39, 0.29) is 17.8 Å². The van der Waals surface area contributed by atoms with E-state index in [0.29, 0.717) is 5.92 Å². The molecule has 1 aliphatic carbocycles. The van der Waals surface area contributed by atoms with Gasteiger partial charge in [-0.3, -0.25) is 0 Å². The fourth-order valence-corrected chi connectivity index (χ4v) is 4.12. The Balaban J connectivity index is 2.34. The van der Waals surface area contributed by atoms with Crippen LogP contribution in [-0.4, -0.2) is 56.7 Å². The van der Waals surface area contributed by atoms with Crippen LogP contribution in [0.25, 0.3) is 0 Å². The Hall–Kier alpha value is -0.130. The zero-order chi connectivity index (χ0) is 13.8. The van der Waals surface area contributed by atoms with Gasteiger partial charge in [0.25, 0.3) is 0 Å². The minimum absolute atomic E-state index is 0.144. The van der Waals surface area contributed by atoms with Crippen LogP contribution in [0, 0.1) is 11.8 Å². The molecule has 1 aliphatic rings. The second-order valence-corrected chi connectivity index (χ2v) is 8.22. The van der Waals surface area contributed by atoms with Crippen LogP contribution in [0.2, 0.25) is 0 Å². The van der Waals surface area contributed by atoms with E-state index in [0.717, 1.165) is 32.4 Å². The number of aliphatic hydroxyl groups is 1. The van der Waals surface area contributed by atoms with E-state index in [4.69, 9.17) is 0 Å². The molecular weight excluding hydrogens is 250 g/mol. The molecule has 0 aliphatic heterocycles. The smallest absolute Gasteiger partial charge is 0.147 e. The van der Waals surface area contributed by atoms with Crippen molar-refractivity contribution in [3.05, 3.63) is 0 Å². The van der Waals surface area contributed by atoms with Gasteiger partial charge in [0.15, 0.2) is 0 Å². The predicted octanol–water partition coefficient (Wildman–Crippen LogP) is 1.15. The summed E-state index contributed by atoms with van der Waals surface area (Å²) >= 11 is 0. The van der Waals surface area contributed by atoms with Crippen molar-refractivity contribution in [2.75, 3.05) is 32.1 Å². The summed E-state index contributed by atoms with van der Waals surface area (Å²) in [5, 5.41) is 9.92. The number of sulfone groups is 1. The molecule has 5 heteroatoms. The lowest BCUT2D eigenvalue weighted by atomic mass is 9.86. The predicted molar refractivity (Wildman–Crippen MR) is 74.3 cm³/mol. The first-order valence-electron chi connectivity index (χ1n) is 6.82.